The number of hydrogen-bond donors (Lipinski definition) is 2. The molecule has 0 radical (unpaired) electrons. The quantitative estimate of drug-likeness (QED) is 0.855. The van der Waals surface area contributed by atoms with Gasteiger partial charge in [-0.3, -0.25) is 10.1 Å². The fourth-order valence-corrected chi connectivity index (χ4v) is 2.74. The van der Waals surface area contributed by atoms with Gasteiger partial charge in [-0.2, -0.15) is 0 Å². The van der Waals surface area contributed by atoms with Crippen LogP contribution in [0.15, 0.2) is 11.4 Å². The molecular formula is C11H14ClNO2S. The van der Waals surface area contributed by atoms with Crippen LogP contribution >= 0.6 is 22.9 Å². The molecule has 1 aliphatic rings. The highest BCUT2D eigenvalue weighted by molar-refractivity contribution is 7.14. The summed E-state index contributed by atoms with van der Waals surface area (Å²) in [6, 6.07) is 1.49. The maximum absolute atomic E-state index is 11.1. The van der Waals surface area contributed by atoms with Crippen LogP contribution in [0.25, 0.3) is 0 Å². The highest BCUT2D eigenvalue weighted by Crippen LogP contribution is 2.34. The summed E-state index contributed by atoms with van der Waals surface area (Å²) in [5, 5.41) is 14.2. The van der Waals surface area contributed by atoms with Crippen molar-refractivity contribution in [1.29, 1.82) is 0 Å². The average molecular weight is 260 g/mol. The number of nitrogens with one attached hydrogen (secondary N) is 1. The second-order valence-electron chi connectivity index (χ2n) is 4.23. The largest absolute Gasteiger partial charge is 0.480 e. The zero-order valence-corrected chi connectivity index (χ0v) is 10.5. The van der Waals surface area contributed by atoms with Crippen LogP contribution in [0.2, 0.25) is 4.34 Å². The van der Waals surface area contributed by atoms with Crippen molar-refractivity contribution in [3.05, 3.63) is 21.3 Å². The summed E-state index contributed by atoms with van der Waals surface area (Å²) in [5.74, 6) is -0.454. The van der Waals surface area contributed by atoms with Crippen LogP contribution in [0.5, 0.6) is 0 Å². The van der Waals surface area contributed by atoms with Crippen molar-refractivity contribution in [2.45, 2.75) is 31.8 Å². The lowest BCUT2D eigenvalue weighted by Crippen LogP contribution is -2.39. The van der Waals surface area contributed by atoms with Gasteiger partial charge in [0.25, 0.3) is 0 Å². The molecule has 0 amide bonds. The Hall–Kier alpha value is -0.580. The second kappa shape index (κ2) is 4.73. The van der Waals surface area contributed by atoms with Crippen LogP contribution in [0.1, 0.15) is 31.4 Å². The topological polar surface area (TPSA) is 49.3 Å². The molecule has 2 rings (SSSR count). The van der Waals surface area contributed by atoms with Crippen LogP contribution in [0.4, 0.5) is 0 Å². The fourth-order valence-electron chi connectivity index (χ4n) is 1.75. The molecule has 1 aromatic heterocycles. The fraction of sp³-hybridized carbons (Fsp3) is 0.545. The van der Waals surface area contributed by atoms with Crippen molar-refractivity contribution >= 4 is 28.9 Å². The van der Waals surface area contributed by atoms with E-state index in [0.717, 1.165) is 22.7 Å². The Kier molecular flexibility index (Phi) is 3.52. The van der Waals surface area contributed by atoms with E-state index in [1.807, 2.05) is 18.4 Å². The van der Waals surface area contributed by atoms with Crippen LogP contribution in [-0.2, 0) is 4.79 Å². The predicted octanol–water partition coefficient (Wildman–Crippen LogP) is 2.92. The third-order valence-electron chi connectivity index (χ3n) is 2.88. The third kappa shape index (κ3) is 2.75. The standard InChI is InChI=1S/C11H14ClNO2S/c1-6(8-4-9(12)16-5-8)13-10(11(14)15)7-2-3-7/h4-7,10,13H,2-3H2,1H3,(H,14,15). The predicted molar refractivity (Wildman–Crippen MR) is 65.0 cm³/mol. The van der Waals surface area contributed by atoms with Crippen molar-refractivity contribution < 1.29 is 9.90 Å². The number of carboxylic acid groups (broad SMARTS) is 1. The molecule has 0 aromatic carbocycles. The molecule has 0 spiro atoms. The van der Waals surface area contributed by atoms with Gasteiger partial charge in [-0.1, -0.05) is 11.6 Å². The summed E-state index contributed by atoms with van der Waals surface area (Å²) in [6.07, 6.45) is 2.03. The molecule has 1 aromatic rings. The Morgan fingerprint density at radius 2 is 2.38 bits per heavy atom. The van der Waals surface area contributed by atoms with Crippen molar-refractivity contribution in [2.75, 3.05) is 0 Å². The van der Waals surface area contributed by atoms with Crippen LogP contribution < -0.4 is 5.32 Å². The zero-order chi connectivity index (χ0) is 11.7. The summed E-state index contributed by atoms with van der Waals surface area (Å²) in [5.41, 5.74) is 1.06. The van der Waals surface area contributed by atoms with Gasteiger partial charge in [0, 0.05) is 6.04 Å². The number of thiophene rings is 1. The average Bonchev–Trinajstić information content (AvgIpc) is 2.96. The Morgan fingerprint density at radius 1 is 1.69 bits per heavy atom. The molecule has 2 atom stereocenters. The van der Waals surface area contributed by atoms with Crippen molar-refractivity contribution in [3.8, 4) is 0 Å². The van der Waals surface area contributed by atoms with Gasteiger partial charge in [-0.05, 0) is 42.7 Å². The Morgan fingerprint density at radius 3 is 2.81 bits per heavy atom. The van der Waals surface area contributed by atoms with Gasteiger partial charge < -0.3 is 5.11 Å². The summed E-state index contributed by atoms with van der Waals surface area (Å²) < 4.78 is 0.738. The van der Waals surface area contributed by atoms with E-state index in [1.165, 1.54) is 11.3 Å². The summed E-state index contributed by atoms with van der Waals surface area (Å²) in [6.45, 7) is 1.97. The molecule has 2 N–H and O–H groups in total. The lowest BCUT2D eigenvalue weighted by atomic mass is 10.1. The molecule has 1 saturated carbocycles. The van der Waals surface area contributed by atoms with Gasteiger partial charge in [-0.25, -0.2) is 0 Å². The van der Waals surface area contributed by atoms with Crippen LogP contribution in [0.3, 0.4) is 0 Å². The molecule has 0 saturated heterocycles. The number of carbonyl (C=O) groups is 1. The number of rotatable bonds is 5. The van der Waals surface area contributed by atoms with Crippen LogP contribution in [0, 0.1) is 5.92 Å². The molecule has 1 aliphatic carbocycles. The SMILES string of the molecule is CC(NC(C(=O)O)C1CC1)c1csc(Cl)c1. The maximum atomic E-state index is 11.1. The Bertz CT molecular complexity index is 389. The molecule has 1 fully saturated rings. The number of hydrogen-bond acceptors (Lipinski definition) is 3. The van der Waals surface area contributed by atoms with Crippen LogP contribution in [-0.4, -0.2) is 17.1 Å². The molecule has 0 bridgehead atoms. The van der Waals surface area contributed by atoms with E-state index in [-0.39, 0.29) is 6.04 Å². The lowest BCUT2D eigenvalue weighted by molar-refractivity contribution is -0.140. The van der Waals surface area contributed by atoms with E-state index >= 15 is 0 Å². The lowest BCUT2D eigenvalue weighted by Gasteiger charge is -2.19. The molecule has 16 heavy (non-hydrogen) atoms. The summed E-state index contributed by atoms with van der Waals surface area (Å²) in [7, 11) is 0. The van der Waals surface area contributed by atoms with E-state index < -0.39 is 12.0 Å². The number of halogens is 1. The molecule has 1 heterocycles. The van der Waals surface area contributed by atoms with E-state index in [9.17, 15) is 4.79 Å². The van der Waals surface area contributed by atoms with Gasteiger partial charge in [0.05, 0.1) is 4.34 Å². The van der Waals surface area contributed by atoms with Gasteiger partial charge in [-0.15, -0.1) is 11.3 Å². The normalized spacial score (nSPS) is 19.4. The maximum Gasteiger partial charge on any atom is 0.320 e. The van der Waals surface area contributed by atoms with E-state index in [1.54, 1.807) is 0 Å². The first-order valence-corrected chi connectivity index (χ1v) is 6.56. The summed E-state index contributed by atoms with van der Waals surface area (Å²) in [4.78, 5) is 11.1. The van der Waals surface area contributed by atoms with Gasteiger partial charge in [0.2, 0.25) is 0 Å². The van der Waals surface area contributed by atoms with Gasteiger partial charge in [0.1, 0.15) is 6.04 Å². The molecule has 5 heteroatoms. The second-order valence-corrected chi connectivity index (χ2v) is 5.77. The molecule has 2 unspecified atom stereocenters. The smallest absolute Gasteiger partial charge is 0.320 e. The molecular weight excluding hydrogens is 246 g/mol. The minimum atomic E-state index is -0.754. The third-order valence-corrected chi connectivity index (χ3v) is 3.99. The van der Waals surface area contributed by atoms with E-state index in [4.69, 9.17) is 16.7 Å². The minimum absolute atomic E-state index is 0.0328. The monoisotopic (exact) mass is 259 g/mol. The first kappa shape index (κ1) is 11.9. The number of aliphatic carboxylic acids is 1. The number of carboxylic acids is 1. The minimum Gasteiger partial charge on any atom is -0.480 e. The highest BCUT2D eigenvalue weighted by Gasteiger charge is 2.36. The molecule has 88 valence electrons. The van der Waals surface area contributed by atoms with Crippen molar-refractivity contribution in [3.63, 3.8) is 0 Å². The molecule has 0 aliphatic heterocycles. The van der Waals surface area contributed by atoms with Gasteiger partial charge >= 0.3 is 5.97 Å². The highest BCUT2D eigenvalue weighted by atomic mass is 35.5. The van der Waals surface area contributed by atoms with Crippen molar-refractivity contribution in [2.24, 2.45) is 5.92 Å². The Balaban J connectivity index is 1.99. The van der Waals surface area contributed by atoms with E-state index in [0.29, 0.717) is 5.92 Å². The molecule has 3 nitrogen and oxygen atoms in total. The first-order valence-electron chi connectivity index (χ1n) is 5.30. The Labute approximate surface area is 103 Å². The summed E-state index contributed by atoms with van der Waals surface area (Å²) >= 11 is 7.32. The van der Waals surface area contributed by atoms with E-state index in [2.05, 4.69) is 5.32 Å². The first-order chi connectivity index (χ1) is 7.58. The zero-order valence-electron chi connectivity index (χ0n) is 8.94. The van der Waals surface area contributed by atoms with Gasteiger partial charge in [0.15, 0.2) is 0 Å². The van der Waals surface area contributed by atoms with Crippen molar-refractivity contribution in [1.82, 2.24) is 5.32 Å².